The summed E-state index contributed by atoms with van der Waals surface area (Å²) in [6, 6.07) is 1.79. The Morgan fingerprint density at radius 3 is 2.71 bits per heavy atom. The van der Waals surface area contributed by atoms with Gasteiger partial charge in [0.1, 0.15) is 17.5 Å². The highest BCUT2D eigenvalue weighted by molar-refractivity contribution is 5.48. The van der Waals surface area contributed by atoms with Gasteiger partial charge in [0, 0.05) is 25.6 Å². The van der Waals surface area contributed by atoms with Crippen LogP contribution < -0.4 is 16.2 Å². The van der Waals surface area contributed by atoms with Crippen molar-refractivity contribution in [2.45, 2.75) is 26.7 Å². The number of nitrogens with two attached hydrogens (primary N) is 1. The number of nitrogens with zero attached hydrogens (tertiary/aromatic N) is 3. The predicted molar refractivity (Wildman–Crippen MR) is 68.8 cm³/mol. The van der Waals surface area contributed by atoms with Gasteiger partial charge in [-0.05, 0) is 13.3 Å². The highest BCUT2D eigenvalue weighted by Gasteiger charge is 2.09. The molecule has 0 aromatic carbocycles. The van der Waals surface area contributed by atoms with Crippen molar-refractivity contribution in [3.05, 3.63) is 11.9 Å². The number of rotatable bonds is 7. The Morgan fingerprint density at radius 1 is 1.41 bits per heavy atom. The zero-order valence-corrected chi connectivity index (χ0v) is 10.5. The van der Waals surface area contributed by atoms with Crippen LogP contribution in [-0.4, -0.2) is 34.8 Å². The van der Waals surface area contributed by atoms with Crippen LogP contribution in [0.3, 0.4) is 0 Å². The van der Waals surface area contributed by atoms with Gasteiger partial charge >= 0.3 is 0 Å². The molecule has 0 radical (unpaired) electrons. The molecule has 0 unspecified atom stereocenters. The Labute approximate surface area is 102 Å². The number of aryl methyl sites for hydroxylation is 1. The molecule has 0 atom stereocenters. The summed E-state index contributed by atoms with van der Waals surface area (Å²) in [5.74, 6) is 7.57. The molecular weight excluding hydrogens is 218 g/mol. The van der Waals surface area contributed by atoms with E-state index in [2.05, 4.69) is 22.3 Å². The maximum absolute atomic E-state index is 9.00. The molecule has 0 aliphatic rings. The monoisotopic (exact) mass is 239 g/mol. The molecule has 17 heavy (non-hydrogen) atoms. The van der Waals surface area contributed by atoms with Gasteiger partial charge in [-0.25, -0.2) is 15.8 Å². The molecule has 96 valence electrons. The number of hydrogen-bond donors (Lipinski definition) is 3. The smallest absolute Gasteiger partial charge is 0.145 e. The van der Waals surface area contributed by atoms with Crippen LogP contribution in [0.5, 0.6) is 0 Å². The average molecular weight is 239 g/mol. The summed E-state index contributed by atoms with van der Waals surface area (Å²) < 4.78 is 0. The van der Waals surface area contributed by atoms with Crippen molar-refractivity contribution >= 4 is 11.6 Å². The highest BCUT2D eigenvalue weighted by Crippen LogP contribution is 2.15. The lowest BCUT2D eigenvalue weighted by Crippen LogP contribution is -2.28. The van der Waals surface area contributed by atoms with Crippen LogP contribution in [-0.2, 0) is 6.42 Å². The van der Waals surface area contributed by atoms with Crippen molar-refractivity contribution in [1.82, 2.24) is 9.97 Å². The molecule has 6 heteroatoms. The molecule has 1 rings (SSSR count). The minimum atomic E-state index is 0.104. The van der Waals surface area contributed by atoms with E-state index in [4.69, 9.17) is 10.9 Å². The van der Waals surface area contributed by atoms with Gasteiger partial charge in [-0.3, -0.25) is 0 Å². The number of hydrogen-bond acceptors (Lipinski definition) is 6. The summed E-state index contributed by atoms with van der Waals surface area (Å²) >= 11 is 0. The fourth-order valence-electron chi connectivity index (χ4n) is 1.61. The second kappa shape index (κ2) is 7.03. The van der Waals surface area contributed by atoms with E-state index in [0.717, 1.165) is 31.0 Å². The van der Waals surface area contributed by atoms with Gasteiger partial charge < -0.3 is 15.4 Å². The molecule has 1 heterocycles. The van der Waals surface area contributed by atoms with Crippen molar-refractivity contribution in [3.8, 4) is 0 Å². The molecule has 0 saturated carbocycles. The average Bonchev–Trinajstić information content (AvgIpc) is 2.35. The lowest BCUT2D eigenvalue weighted by Gasteiger charge is -2.21. The fourth-order valence-corrected chi connectivity index (χ4v) is 1.61. The van der Waals surface area contributed by atoms with Crippen molar-refractivity contribution < 1.29 is 5.11 Å². The van der Waals surface area contributed by atoms with Gasteiger partial charge in [0.15, 0.2) is 0 Å². The van der Waals surface area contributed by atoms with Crippen LogP contribution in [0.1, 0.15) is 26.1 Å². The number of aliphatic hydroxyl groups excluding tert-OH is 1. The number of aliphatic hydroxyl groups is 1. The first-order chi connectivity index (χ1) is 8.24. The van der Waals surface area contributed by atoms with Crippen LogP contribution in [0.2, 0.25) is 0 Å². The molecule has 0 spiro atoms. The van der Waals surface area contributed by atoms with Crippen LogP contribution in [0.25, 0.3) is 0 Å². The molecule has 4 N–H and O–H groups in total. The van der Waals surface area contributed by atoms with Gasteiger partial charge in [0.25, 0.3) is 0 Å². The van der Waals surface area contributed by atoms with E-state index in [-0.39, 0.29) is 6.61 Å². The lowest BCUT2D eigenvalue weighted by molar-refractivity contribution is 0.302. The van der Waals surface area contributed by atoms with Crippen molar-refractivity contribution in [3.63, 3.8) is 0 Å². The fraction of sp³-hybridized carbons (Fsp3) is 0.636. The van der Waals surface area contributed by atoms with E-state index in [1.807, 2.05) is 11.8 Å². The molecule has 0 aliphatic carbocycles. The number of aromatic nitrogens is 2. The predicted octanol–water partition coefficient (Wildman–Crippen LogP) is 0.533. The first kappa shape index (κ1) is 13.7. The number of anilines is 2. The topological polar surface area (TPSA) is 87.3 Å². The van der Waals surface area contributed by atoms with Gasteiger partial charge in [-0.15, -0.1) is 0 Å². The zero-order valence-electron chi connectivity index (χ0n) is 10.5. The Bertz CT molecular complexity index is 345. The van der Waals surface area contributed by atoms with Gasteiger partial charge in [-0.2, -0.15) is 0 Å². The third kappa shape index (κ3) is 3.83. The van der Waals surface area contributed by atoms with E-state index in [0.29, 0.717) is 12.4 Å². The molecule has 0 bridgehead atoms. The Hall–Kier alpha value is -1.40. The minimum absolute atomic E-state index is 0.104. The van der Waals surface area contributed by atoms with E-state index < -0.39 is 0 Å². The quantitative estimate of drug-likeness (QED) is 0.475. The van der Waals surface area contributed by atoms with Gasteiger partial charge in [-0.1, -0.05) is 6.92 Å². The lowest BCUT2D eigenvalue weighted by atomic mass is 10.3. The van der Waals surface area contributed by atoms with Crippen LogP contribution >= 0.6 is 0 Å². The second-order valence-corrected chi connectivity index (χ2v) is 3.73. The summed E-state index contributed by atoms with van der Waals surface area (Å²) in [6.07, 6.45) is 1.80. The summed E-state index contributed by atoms with van der Waals surface area (Å²) in [5.41, 5.74) is 2.55. The number of hydrazine groups is 1. The number of nitrogen functional groups attached to an aromatic ring is 1. The number of nitrogens with one attached hydrogen (secondary N) is 1. The van der Waals surface area contributed by atoms with Gasteiger partial charge in [0.2, 0.25) is 0 Å². The SMILES string of the molecule is CCCc1nc(NN)cc(N(CC)CCO)n1. The first-order valence-electron chi connectivity index (χ1n) is 5.95. The zero-order chi connectivity index (χ0) is 12.7. The van der Waals surface area contributed by atoms with Crippen molar-refractivity contribution in [2.75, 3.05) is 30.0 Å². The molecule has 1 aromatic heterocycles. The van der Waals surface area contributed by atoms with Crippen LogP contribution in [0.15, 0.2) is 6.07 Å². The van der Waals surface area contributed by atoms with Gasteiger partial charge in [0.05, 0.1) is 6.61 Å². The molecule has 0 saturated heterocycles. The van der Waals surface area contributed by atoms with E-state index in [1.165, 1.54) is 0 Å². The Balaban J connectivity index is 2.99. The number of likely N-dealkylation sites (N-methyl/N-ethyl adjacent to an activating group) is 1. The van der Waals surface area contributed by atoms with Crippen LogP contribution in [0, 0.1) is 0 Å². The molecule has 1 aromatic rings. The third-order valence-corrected chi connectivity index (χ3v) is 2.46. The maximum atomic E-state index is 9.00. The largest absolute Gasteiger partial charge is 0.395 e. The third-order valence-electron chi connectivity index (χ3n) is 2.46. The second-order valence-electron chi connectivity index (χ2n) is 3.73. The summed E-state index contributed by atoms with van der Waals surface area (Å²) in [6.45, 7) is 5.55. The molecule has 0 aliphatic heterocycles. The first-order valence-corrected chi connectivity index (χ1v) is 5.95. The normalized spacial score (nSPS) is 10.4. The standard InChI is InChI=1S/C11H21N5O/c1-3-5-9-13-10(15-12)8-11(14-9)16(4-2)6-7-17/h8,17H,3-7,12H2,1-2H3,(H,13,14,15). The maximum Gasteiger partial charge on any atom is 0.145 e. The molecule has 0 amide bonds. The summed E-state index contributed by atoms with van der Waals surface area (Å²) in [4.78, 5) is 10.7. The van der Waals surface area contributed by atoms with Crippen LogP contribution in [0.4, 0.5) is 11.6 Å². The Morgan fingerprint density at radius 2 is 2.18 bits per heavy atom. The summed E-state index contributed by atoms with van der Waals surface area (Å²) in [5, 5.41) is 9.00. The van der Waals surface area contributed by atoms with Crippen molar-refractivity contribution in [1.29, 1.82) is 0 Å². The molecule has 0 fully saturated rings. The minimum Gasteiger partial charge on any atom is -0.395 e. The highest BCUT2D eigenvalue weighted by atomic mass is 16.3. The van der Waals surface area contributed by atoms with E-state index in [9.17, 15) is 0 Å². The van der Waals surface area contributed by atoms with Crippen molar-refractivity contribution in [2.24, 2.45) is 5.84 Å². The molecule has 6 nitrogen and oxygen atoms in total. The summed E-state index contributed by atoms with van der Waals surface area (Å²) in [7, 11) is 0. The van der Waals surface area contributed by atoms with E-state index >= 15 is 0 Å². The Kier molecular flexibility index (Phi) is 5.65. The molecular formula is C11H21N5O. The van der Waals surface area contributed by atoms with E-state index in [1.54, 1.807) is 6.07 Å².